The van der Waals surface area contributed by atoms with Crippen LogP contribution >= 0.6 is 11.8 Å². The number of hydrogen-bond acceptors (Lipinski definition) is 5. The van der Waals surface area contributed by atoms with E-state index in [0.717, 1.165) is 11.1 Å². The van der Waals surface area contributed by atoms with Gasteiger partial charge in [0, 0.05) is 18.7 Å². The second-order valence-electron chi connectivity index (χ2n) is 8.28. The number of aromatic nitrogens is 2. The van der Waals surface area contributed by atoms with Crippen molar-refractivity contribution in [3.63, 3.8) is 0 Å². The maximum atomic E-state index is 13.5. The number of nitrogens with zero attached hydrogens (tertiary/aromatic N) is 3. The monoisotopic (exact) mass is 486 g/mol. The van der Waals surface area contributed by atoms with E-state index < -0.39 is 5.91 Å². The first kappa shape index (κ1) is 24.2. The lowest BCUT2D eigenvalue weighted by molar-refractivity contribution is -0.118. The quantitative estimate of drug-likeness (QED) is 0.300. The molecule has 0 aliphatic carbocycles. The lowest BCUT2D eigenvalue weighted by atomic mass is 10.1. The number of thioether (sulfide) groups is 1. The van der Waals surface area contributed by atoms with Gasteiger partial charge in [-0.2, -0.15) is 0 Å². The Labute approximate surface area is 207 Å². The van der Waals surface area contributed by atoms with Crippen molar-refractivity contribution < 1.29 is 9.59 Å². The molecule has 8 heteroatoms. The highest BCUT2D eigenvalue weighted by Gasteiger charge is 2.20. The van der Waals surface area contributed by atoms with Gasteiger partial charge in [0.15, 0.2) is 5.16 Å². The highest BCUT2D eigenvalue weighted by atomic mass is 32.2. The fourth-order valence-corrected chi connectivity index (χ4v) is 4.84. The minimum atomic E-state index is -0.480. The van der Waals surface area contributed by atoms with Crippen molar-refractivity contribution in [3.8, 4) is 5.69 Å². The molecule has 0 aliphatic heterocycles. The van der Waals surface area contributed by atoms with Gasteiger partial charge in [-0.05, 0) is 61.4 Å². The van der Waals surface area contributed by atoms with Gasteiger partial charge in [-0.1, -0.05) is 48.2 Å². The second-order valence-corrected chi connectivity index (χ2v) is 9.23. The number of nitrogens with two attached hydrogens (primary N) is 1. The predicted molar refractivity (Wildman–Crippen MR) is 140 cm³/mol. The summed E-state index contributed by atoms with van der Waals surface area (Å²) in [7, 11) is 0. The van der Waals surface area contributed by atoms with Crippen molar-refractivity contribution in [2.75, 3.05) is 17.2 Å². The van der Waals surface area contributed by atoms with Crippen LogP contribution in [0.15, 0.2) is 82.7 Å². The predicted octanol–water partition coefficient (Wildman–Crippen LogP) is 4.00. The number of anilines is 1. The van der Waals surface area contributed by atoms with Gasteiger partial charge < -0.3 is 10.6 Å². The van der Waals surface area contributed by atoms with Gasteiger partial charge in [0.25, 0.3) is 5.56 Å². The molecule has 3 aromatic carbocycles. The van der Waals surface area contributed by atoms with Crippen LogP contribution in [0.3, 0.4) is 0 Å². The van der Waals surface area contributed by atoms with Crippen LogP contribution in [0.5, 0.6) is 0 Å². The van der Waals surface area contributed by atoms with Crippen LogP contribution in [0.1, 0.15) is 17.5 Å². The van der Waals surface area contributed by atoms with Crippen molar-refractivity contribution in [2.24, 2.45) is 5.73 Å². The summed E-state index contributed by atoms with van der Waals surface area (Å²) >= 11 is 1.19. The highest BCUT2D eigenvalue weighted by Crippen LogP contribution is 2.24. The zero-order chi connectivity index (χ0) is 24.9. The average Bonchev–Trinajstić information content (AvgIpc) is 2.83. The summed E-state index contributed by atoms with van der Waals surface area (Å²) in [4.78, 5) is 44.4. The smallest absolute Gasteiger partial charge is 0.266 e. The largest absolute Gasteiger partial charge is 0.370 e. The number of carbonyl (C=O) groups excluding carboxylic acids is 2. The van der Waals surface area contributed by atoms with Gasteiger partial charge in [0.2, 0.25) is 11.8 Å². The van der Waals surface area contributed by atoms with Crippen LogP contribution in [-0.2, 0) is 9.59 Å². The van der Waals surface area contributed by atoms with Crippen molar-refractivity contribution in [1.82, 2.24) is 9.55 Å². The standard InChI is InChI=1S/C27H26N4O3S/c1-18-14-19(2)16-21(15-18)31-26(34)22-10-6-7-11-23(22)29-27(31)35-17-25(33)30(13-12-24(28)32)20-8-4-3-5-9-20/h3-11,14-16H,12-13,17H2,1-2H3,(H2,28,32). The van der Waals surface area contributed by atoms with E-state index in [1.54, 1.807) is 16.7 Å². The Bertz CT molecular complexity index is 1430. The van der Waals surface area contributed by atoms with Crippen LogP contribution in [0, 0.1) is 13.8 Å². The first-order valence-corrected chi connectivity index (χ1v) is 12.2. The van der Waals surface area contributed by atoms with Crippen LogP contribution in [0.25, 0.3) is 16.6 Å². The molecule has 0 atom stereocenters. The molecule has 0 aliphatic rings. The number of amides is 2. The number of para-hydroxylation sites is 2. The Morgan fingerprint density at radius 2 is 1.63 bits per heavy atom. The topological polar surface area (TPSA) is 98.3 Å². The Balaban J connectivity index is 1.72. The van der Waals surface area contributed by atoms with Gasteiger partial charge in [-0.25, -0.2) is 4.98 Å². The van der Waals surface area contributed by atoms with E-state index in [2.05, 4.69) is 0 Å². The van der Waals surface area contributed by atoms with Gasteiger partial charge in [0.1, 0.15) is 0 Å². The summed E-state index contributed by atoms with van der Waals surface area (Å²) in [5, 5.41) is 0.935. The van der Waals surface area contributed by atoms with E-state index in [-0.39, 0.29) is 30.2 Å². The first-order valence-electron chi connectivity index (χ1n) is 11.2. The maximum Gasteiger partial charge on any atom is 0.266 e. The molecule has 0 fully saturated rings. The number of aryl methyl sites for hydroxylation is 2. The van der Waals surface area contributed by atoms with Crippen molar-refractivity contribution in [3.05, 3.63) is 94.3 Å². The summed E-state index contributed by atoms with van der Waals surface area (Å²) in [6, 6.07) is 22.2. The number of fused-ring (bicyclic) bond motifs is 1. The van der Waals surface area contributed by atoms with E-state index in [0.29, 0.717) is 27.4 Å². The molecule has 0 saturated carbocycles. The number of hydrogen-bond donors (Lipinski definition) is 1. The molecule has 178 valence electrons. The molecule has 2 amide bonds. The van der Waals surface area contributed by atoms with E-state index in [1.165, 1.54) is 16.7 Å². The Kier molecular flexibility index (Phi) is 7.31. The first-order chi connectivity index (χ1) is 16.8. The molecule has 1 heterocycles. The number of rotatable bonds is 8. The van der Waals surface area contributed by atoms with Crippen LogP contribution in [0.4, 0.5) is 5.69 Å². The Morgan fingerprint density at radius 1 is 0.971 bits per heavy atom. The van der Waals surface area contributed by atoms with Crippen LogP contribution in [0.2, 0.25) is 0 Å². The van der Waals surface area contributed by atoms with E-state index in [1.807, 2.05) is 74.5 Å². The fraction of sp³-hybridized carbons (Fsp3) is 0.185. The molecule has 0 spiro atoms. The maximum absolute atomic E-state index is 13.5. The fourth-order valence-electron chi connectivity index (χ4n) is 3.95. The summed E-state index contributed by atoms with van der Waals surface area (Å²) < 4.78 is 1.57. The zero-order valence-corrected chi connectivity index (χ0v) is 20.4. The molecule has 1 aromatic heterocycles. The van der Waals surface area contributed by atoms with E-state index in [9.17, 15) is 14.4 Å². The molecule has 0 unspecified atom stereocenters. The molecule has 2 N–H and O–H groups in total. The molecule has 0 radical (unpaired) electrons. The van der Waals surface area contributed by atoms with Crippen LogP contribution in [-0.4, -0.2) is 33.7 Å². The summed E-state index contributed by atoms with van der Waals surface area (Å²) in [6.07, 6.45) is 0.0484. The van der Waals surface area contributed by atoms with Crippen molar-refractivity contribution >= 4 is 40.2 Å². The van der Waals surface area contributed by atoms with Crippen LogP contribution < -0.4 is 16.2 Å². The lowest BCUT2D eigenvalue weighted by Gasteiger charge is -2.22. The molecule has 0 saturated heterocycles. The molecule has 4 aromatic rings. The highest BCUT2D eigenvalue weighted by molar-refractivity contribution is 7.99. The second kappa shape index (κ2) is 10.6. The SMILES string of the molecule is Cc1cc(C)cc(-n2c(SCC(=O)N(CCC(N)=O)c3ccccc3)nc3ccccc3c2=O)c1. The molecule has 4 rings (SSSR count). The average molecular weight is 487 g/mol. The van der Waals surface area contributed by atoms with E-state index >= 15 is 0 Å². The number of carbonyl (C=O) groups is 2. The third kappa shape index (κ3) is 5.60. The van der Waals surface area contributed by atoms with Crippen molar-refractivity contribution in [2.45, 2.75) is 25.4 Å². The Morgan fingerprint density at radius 3 is 2.31 bits per heavy atom. The van der Waals surface area contributed by atoms with Gasteiger partial charge in [0.05, 0.1) is 22.3 Å². The molecular formula is C27H26N4O3S. The number of benzene rings is 3. The minimum absolute atomic E-state index is 0.0310. The molecule has 0 bridgehead atoms. The summed E-state index contributed by atoms with van der Waals surface area (Å²) in [6.45, 7) is 4.12. The van der Waals surface area contributed by atoms with Gasteiger partial charge in [-0.3, -0.25) is 19.0 Å². The third-order valence-electron chi connectivity index (χ3n) is 5.49. The van der Waals surface area contributed by atoms with E-state index in [4.69, 9.17) is 10.7 Å². The molecule has 35 heavy (non-hydrogen) atoms. The number of primary amides is 1. The zero-order valence-electron chi connectivity index (χ0n) is 19.6. The summed E-state index contributed by atoms with van der Waals surface area (Å²) in [5.74, 6) is -0.661. The molecule has 7 nitrogen and oxygen atoms in total. The third-order valence-corrected chi connectivity index (χ3v) is 6.41. The van der Waals surface area contributed by atoms with Gasteiger partial charge >= 0.3 is 0 Å². The van der Waals surface area contributed by atoms with Crippen molar-refractivity contribution in [1.29, 1.82) is 0 Å². The molecular weight excluding hydrogens is 460 g/mol. The Hall–Kier alpha value is -3.91. The normalized spacial score (nSPS) is 10.9. The lowest BCUT2D eigenvalue weighted by Crippen LogP contribution is -2.35. The van der Waals surface area contributed by atoms with Gasteiger partial charge in [-0.15, -0.1) is 0 Å². The summed E-state index contributed by atoms with van der Waals surface area (Å²) in [5.41, 5.74) is 9.14. The minimum Gasteiger partial charge on any atom is -0.370 e.